The Kier molecular flexibility index (Phi) is 4.70. The Morgan fingerprint density at radius 3 is 2.65 bits per heavy atom. The molecule has 2 atom stereocenters. The molecule has 0 bridgehead atoms. The second-order valence-electron chi connectivity index (χ2n) is 5.88. The van der Waals surface area contributed by atoms with Gasteiger partial charge in [0.2, 0.25) is 3.83 Å². The molecular formula is C17H11ClF2IN3OS. The van der Waals surface area contributed by atoms with Gasteiger partial charge in [0.05, 0.1) is 6.54 Å². The normalized spacial score (nSPS) is 21.8. The molecule has 4 nitrogen and oxygen atoms in total. The second-order valence-corrected chi connectivity index (χ2v) is 7.65. The maximum Gasteiger partial charge on any atom is 0.212 e. The van der Waals surface area contributed by atoms with E-state index in [9.17, 15) is 8.78 Å². The van der Waals surface area contributed by atoms with E-state index in [1.807, 2.05) is 40.8 Å². The van der Waals surface area contributed by atoms with Crippen molar-refractivity contribution < 1.29 is 13.5 Å². The summed E-state index contributed by atoms with van der Waals surface area (Å²) in [6.45, 7) is 0.239. The van der Waals surface area contributed by atoms with E-state index in [2.05, 4.69) is 22.7 Å². The lowest BCUT2D eigenvalue weighted by Crippen LogP contribution is -2.21. The SMILES string of the molecule is Fc1ccc([C@]2(Cn3nc(I)nc3S)O[C@H]2c2ccccc2Cl)cc1F. The van der Waals surface area contributed by atoms with E-state index in [1.54, 1.807) is 10.7 Å². The average Bonchev–Trinajstić information content (AvgIpc) is 3.23. The van der Waals surface area contributed by atoms with Crippen LogP contribution in [0.5, 0.6) is 0 Å². The zero-order chi connectivity index (χ0) is 18.5. The van der Waals surface area contributed by atoms with Gasteiger partial charge in [-0.1, -0.05) is 35.9 Å². The molecule has 0 unspecified atom stereocenters. The van der Waals surface area contributed by atoms with Crippen molar-refractivity contribution in [3.63, 3.8) is 0 Å². The molecule has 1 aromatic heterocycles. The summed E-state index contributed by atoms with van der Waals surface area (Å²) in [5, 5.41) is 5.24. The summed E-state index contributed by atoms with van der Waals surface area (Å²) in [6, 6.07) is 11.0. The molecule has 2 aromatic carbocycles. The summed E-state index contributed by atoms with van der Waals surface area (Å²) in [5.41, 5.74) is 0.335. The minimum atomic E-state index is -0.937. The molecule has 2 heterocycles. The third kappa shape index (κ3) is 3.12. The summed E-state index contributed by atoms with van der Waals surface area (Å²) in [5.74, 6) is -1.85. The number of thiol groups is 1. The topological polar surface area (TPSA) is 43.2 Å². The van der Waals surface area contributed by atoms with E-state index >= 15 is 0 Å². The highest BCUT2D eigenvalue weighted by Crippen LogP contribution is 2.59. The molecule has 9 heteroatoms. The molecule has 0 spiro atoms. The van der Waals surface area contributed by atoms with Gasteiger partial charge in [-0.15, -0.1) is 17.7 Å². The average molecular weight is 506 g/mol. The fourth-order valence-corrected chi connectivity index (χ4v) is 4.13. The van der Waals surface area contributed by atoms with Gasteiger partial charge in [0.25, 0.3) is 0 Å². The molecule has 3 aromatic rings. The van der Waals surface area contributed by atoms with Crippen molar-refractivity contribution in [2.24, 2.45) is 0 Å². The van der Waals surface area contributed by atoms with Crippen LogP contribution >= 0.6 is 46.8 Å². The molecule has 1 fully saturated rings. The molecule has 4 rings (SSSR count). The first kappa shape index (κ1) is 18.1. The standard InChI is InChI=1S/C17H11ClF2IN3OS/c18-11-4-2-1-3-10(11)14-17(25-14,8-24-16(26)22-15(21)23-24)9-5-6-12(19)13(20)7-9/h1-7,14H,8H2,(H,22,23,26)/t14-,17-/m0/s1. The van der Waals surface area contributed by atoms with Crippen molar-refractivity contribution in [1.29, 1.82) is 0 Å². The van der Waals surface area contributed by atoms with Crippen LogP contribution in [0, 0.1) is 15.5 Å². The lowest BCUT2D eigenvalue weighted by atomic mass is 9.91. The van der Waals surface area contributed by atoms with Gasteiger partial charge < -0.3 is 4.74 Å². The first-order chi connectivity index (χ1) is 12.4. The minimum Gasteiger partial charge on any atom is -0.354 e. The van der Waals surface area contributed by atoms with E-state index in [4.69, 9.17) is 16.3 Å². The molecule has 0 amide bonds. The quantitative estimate of drug-likeness (QED) is 0.316. The predicted molar refractivity (Wildman–Crippen MR) is 103 cm³/mol. The van der Waals surface area contributed by atoms with E-state index in [1.165, 1.54) is 6.07 Å². The highest BCUT2D eigenvalue weighted by molar-refractivity contribution is 14.1. The summed E-state index contributed by atoms with van der Waals surface area (Å²) >= 11 is 12.6. The van der Waals surface area contributed by atoms with Gasteiger partial charge in [-0.2, -0.15) is 4.98 Å². The fourth-order valence-electron chi connectivity index (χ4n) is 3.00. The van der Waals surface area contributed by atoms with Crippen molar-refractivity contribution >= 4 is 46.8 Å². The van der Waals surface area contributed by atoms with Gasteiger partial charge >= 0.3 is 0 Å². The predicted octanol–water partition coefficient (Wildman–Crippen LogP) is 4.77. The number of ether oxygens (including phenoxy) is 1. The fraction of sp³-hybridized carbons (Fsp3) is 0.176. The molecule has 1 aliphatic rings. The Morgan fingerprint density at radius 1 is 1.23 bits per heavy atom. The molecule has 26 heavy (non-hydrogen) atoms. The van der Waals surface area contributed by atoms with Crippen LogP contribution in [0.2, 0.25) is 5.02 Å². The minimum absolute atomic E-state index is 0.239. The molecule has 0 saturated carbocycles. The van der Waals surface area contributed by atoms with E-state index in [0.717, 1.165) is 17.7 Å². The Morgan fingerprint density at radius 2 is 2.00 bits per heavy atom. The van der Waals surface area contributed by atoms with Gasteiger partial charge in [-0.25, -0.2) is 13.5 Å². The number of benzene rings is 2. The smallest absolute Gasteiger partial charge is 0.212 e. The van der Waals surface area contributed by atoms with Crippen molar-refractivity contribution in [2.75, 3.05) is 0 Å². The Labute approximate surface area is 172 Å². The van der Waals surface area contributed by atoms with Gasteiger partial charge in [-0.3, -0.25) is 0 Å². The summed E-state index contributed by atoms with van der Waals surface area (Å²) < 4.78 is 35.4. The van der Waals surface area contributed by atoms with Crippen molar-refractivity contribution in [3.8, 4) is 0 Å². The maximum absolute atomic E-state index is 13.9. The van der Waals surface area contributed by atoms with Crippen LogP contribution in [0.4, 0.5) is 8.78 Å². The molecule has 0 aliphatic carbocycles. The van der Waals surface area contributed by atoms with Crippen LogP contribution in [-0.2, 0) is 16.9 Å². The van der Waals surface area contributed by atoms with Gasteiger partial charge in [-0.05, 0) is 23.8 Å². The summed E-state index contributed by atoms with van der Waals surface area (Å²) in [6.07, 6.45) is -0.421. The van der Waals surface area contributed by atoms with Crippen molar-refractivity contribution in [2.45, 2.75) is 23.4 Å². The molecule has 0 N–H and O–H groups in total. The first-order valence-corrected chi connectivity index (χ1v) is 9.48. The number of rotatable bonds is 4. The molecule has 0 radical (unpaired) electrons. The Bertz CT molecular complexity index is 1000. The molecule has 1 aliphatic heterocycles. The monoisotopic (exact) mass is 505 g/mol. The zero-order valence-electron chi connectivity index (χ0n) is 13.0. The number of hydrogen-bond acceptors (Lipinski definition) is 4. The van der Waals surface area contributed by atoms with Crippen molar-refractivity contribution in [1.82, 2.24) is 14.8 Å². The molecule has 1 saturated heterocycles. The number of nitrogens with zero attached hydrogens (tertiary/aromatic N) is 3. The lowest BCUT2D eigenvalue weighted by molar-refractivity contribution is 0.255. The van der Waals surface area contributed by atoms with Crippen LogP contribution in [0.15, 0.2) is 47.6 Å². The highest BCUT2D eigenvalue weighted by Gasteiger charge is 2.60. The summed E-state index contributed by atoms with van der Waals surface area (Å²) in [4.78, 5) is 4.15. The zero-order valence-corrected chi connectivity index (χ0v) is 16.8. The molecular weight excluding hydrogens is 495 g/mol. The van der Waals surface area contributed by atoms with Crippen molar-refractivity contribution in [3.05, 3.63) is 74.1 Å². The Balaban J connectivity index is 1.79. The van der Waals surface area contributed by atoms with Gasteiger partial charge in [0, 0.05) is 33.2 Å². The van der Waals surface area contributed by atoms with Gasteiger partial charge in [0.1, 0.15) is 11.7 Å². The van der Waals surface area contributed by atoms with E-state index in [0.29, 0.717) is 19.6 Å². The van der Waals surface area contributed by atoms with E-state index < -0.39 is 23.3 Å². The van der Waals surface area contributed by atoms with Crippen LogP contribution in [0.25, 0.3) is 0 Å². The van der Waals surface area contributed by atoms with Crippen LogP contribution in [0.1, 0.15) is 17.2 Å². The second kappa shape index (κ2) is 6.74. The molecule has 134 valence electrons. The Hall–Kier alpha value is -1.23. The number of halogens is 4. The number of hydrogen-bond donors (Lipinski definition) is 1. The van der Waals surface area contributed by atoms with E-state index in [-0.39, 0.29) is 6.54 Å². The van der Waals surface area contributed by atoms with Crippen LogP contribution < -0.4 is 0 Å². The largest absolute Gasteiger partial charge is 0.354 e. The first-order valence-electron chi connectivity index (χ1n) is 7.58. The van der Waals surface area contributed by atoms with Crippen LogP contribution in [-0.4, -0.2) is 14.8 Å². The summed E-state index contributed by atoms with van der Waals surface area (Å²) in [7, 11) is 0. The van der Waals surface area contributed by atoms with Gasteiger partial charge in [0.15, 0.2) is 16.8 Å². The number of epoxide rings is 1. The maximum atomic E-state index is 13.9. The third-order valence-corrected chi connectivity index (χ3v) is 5.43. The highest BCUT2D eigenvalue weighted by atomic mass is 127. The lowest BCUT2D eigenvalue weighted by Gasteiger charge is -2.15. The van der Waals surface area contributed by atoms with Crippen LogP contribution in [0.3, 0.4) is 0 Å². The number of aromatic nitrogens is 3. The third-order valence-electron chi connectivity index (χ3n) is 4.30.